The Hall–Kier alpha value is -1.37. The number of nitrogens with one attached hydrogen (secondary N) is 1. The monoisotopic (exact) mass is 395 g/mol. The predicted molar refractivity (Wildman–Crippen MR) is 80.8 cm³/mol. The van der Waals surface area contributed by atoms with E-state index >= 15 is 0 Å². The molecule has 0 spiro atoms. The highest BCUT2D eigenvalue weighted by molar-refractivity contribution is 9.10. The van der Waals surface area contributed by atoms with E-state index in [9.17, 15) is 13.6 Å². The number of hydrogen-bond acceptors (Lipinski definition) is 2. The Kier molecular flexibility index (Phi) is 4.70. The summed E-state index contributed by atoms with van der Waals surface area (Å²) in [5, 5.41) is 11.5. The van der Waals surface area contributed by atoms with Gasteiger partial charge in [0.25, 0.3) is 0 Å². The average Bonchev–Trinajstić information content (AvgIpc) is 2.42. The summed E-state index contributed by atoms with van der Waals surface area (Å²) in [5.74, 6) is -3.53. The molecular weight excluding hydrogens is 391 g/mol. The van der Waals surface area contributed by atoms with Gasteiger partial charge in [-0.2, -0.15) is 0 Å². The maximum atomic E-state index is 13.8. The van der Waals surface area contributed by atoms with Crippen LogP contribution in [0.3, 0.4) is 0 Å². The molecule has 21 heavy (non-hydrogen) atoms. The van der Waals surface area contributed by atoms with E-state index in [0.717, 1.165) is 0 Å². The Morgan fingerprint density at radius 3 is 2.24 bits per heavy atom. The zero-order valence-corrected chi connectivity index (χ0v) is 13.2. The summed E-state index contributed by atoms with van der Waals surface area (Å²) in [5.41, 5.74) is -0.818. The lowest BCUT2D eigenvalue weighted by Crippen LogP contribution is -2.03. The maximum Gasteiger partial charge on any atom is 0.335 e. The van der Waals surface area contributed by atoms with Crippen LogP contribution in [0.15, 0.2) is 28.7 Å². The topological polar surface area (TPSA) is 49.3 Å². The van der Waals surface area contributed by atoms with Gasteiger partial charge in [0.15, 0.2) is 11.6 Å². The highest BCUT2D eigenvalue weighted by atomic mass is 79.9. The minimum absolute atomic E-state index is 0.0761. The number of carbonyl (C=O) groups is 1. The summed E-state index contributed by atoms with van der Waals surface area (Å²) >= 11 is 15.0. The quantitative estimate of drug-likeness (QED) is 0.675. The standard InChI is InChI=1S/C13H6BrCl2F2NO2/c14-6-1-2-9(11(16)10(6)15)19-12-7(17)3-5(13(20)21)4-8(12)18/h1-4,19H,(H,20,21). The fourth-order valence-corrected chi connectivity index (χ4v) is 2.39. The van der Waals surface area contributed by atoms with Crippen molar-refractivity contribution in [3.8, 4) is 0 Å². The molecule has 2 rings (SSSR count). The predicted octanol–water partition coefficient (Wildman–Crippen LogP) is 5.48. The molecule has 0 saturated carbocycles. The molecule has 0 heterocycles. The van der Waals surface area contributed by atoms with Crippen LogP contribution in [0.25, 0.3) is 0 Å². The number of aromatic carboxylic acids is 1. The Morgan fingerprint density at radius 2 is 1.71 bits per heavy atom. The van der Waals surface area contributed by atoms with Gasteiger partial charge in [0, 0.05) is 4.47 Å². The molecule has 2 aromatic carbocycles. The third-order valence-electron chi connectivity index (χ3n) is 2.58. The average molecular weight is 397 g/mol. The van der Waals surface area contributed by atoms with Gasteiger partial charge < -0.3 is 10.4 Å². The van der Waals surface area contributed by atoms with Gasteiger partial charge in [-0.25, -0.2) is 13.6 Å². The van der Waals surface area contributed by atoms with E-state index < -0.39 is 28.9 Å². The van der Waals surface area contributed by atoms with Gasteiger partial charge in [-0.3, -0.25) is 0 Å². The van der Waals surface area contributed by atoms with Crippen molar-refractivity contribution in [3.05, 3.63) is 56.0 Å². The Balaban J connectivity index is 2.45. The van der Waals surface area contributed by atoms with Crippen LogP contribution in [0.2, 0.25) is 10.0 Å². The Labute approximate surface area is 136 Å². The number of carboxylic acid groups (broad SMARTS) is 1. The van der Waals surface area contributed by atoms with Gasteiger partial charge in [-0.15, -0.1) is 0 Å². The lowest BCUT2D eigenvalue weighted by atomic mass is 10.1. The van der Waals surface area contributed by atoms with Crippen molar-refractivity contribution in [1.29, 1.82) is 0 Å². The number of anilines is 2. The number of hydrogen-bond donors (Lipinski definition) is 2. The van der Waals surface area contributed by atoms with E-state index in [4.69, 9.17) is 28.3 Å². The van der Waals surface area contributed by atoms with Crippen molar-refractivity contribution < 1.29 is 18.7 Å². The first-order chi connectivity index (χ1) is 9.81. The summed E-state index contributed by atoms with van der Waals surface area (Å²) in [6.45, 7) is 0. The molecule has 2 aromatic rings. The second-order valence-corrected chi connectivity index (χ2v) is 5.58. The highest BCUT2D eigenvalue weighted by Crippen LogP contribution is 2.38. The molecule has 8 heteroatoms. The van der Waals surface area contributed by atoms with Gasteiger partial charge >= 0.3 is 5.97 Å². The van der Waals surface area contributed by atoms with Gasteiger partial charge in [-0.1, -0.05) is 23.2 Å². The summed E-state index contributed by atoms with van der Waals surface area (Å²) in [6.07, 6.45) is 0. The van der Waals surface area contributed by atoms with Crippen LogP contribution in [0.5, 0.6) is 0 Å². The molecule has 0 aromatic heterocycles. The van der Waals surface area contributed by atoms with Crippen LogP contribution in [0.1, 0.15) is 10.4 Å². The van der Waals surface area contributed by atoms with Crippen LogP contribution >= 0.6 is 39.1 Å². The Bertz CT molecular complexity index is 717. The molecule has 0 atom stereocenters. The largest absolute Gasteiger partial charge is 0.478 e. The highest BCUT2D eigenvalue weighted by Gasteiger charge is 2.17. The third kappa shape index (κ3) is 3.28. The minimum atomic E-state index is -1.43. The van der Waals surface area contributed by atoms with E-state index in [1.165, 1.54) is 6.07 Å². The van der Waals surface area contributed by atoms with Crippen LogP contribution in [-0.2, 0) is 0 Å². The first-order valence-electron chi connectivity index (χ1n) is 5.44. The van der Waals surface area contributed by atoms with Crippen molar-refractivity contribution in [2.75, 3.05) is 5.32 Å². The molecule has 0 radical (unpaired) electrons. The molecule has 0 unspecified atom stereocenters. The lowest BCUT2D eigenvalue weighted by molar-refractivity contribution is 0.0696. The van der Waals surface area contributed by atoms with E-state index in [1.807, 2.05) is 0 Å². The third-order valence-corrected chi connectivity index (χ3v) is 4.35. The van der Waals surface area contributed by atoms with Crippen molar-refractivity contribution in [2.24, 2.45) is 0 Å². The fourth-order valence-electron chi connectivity index (χ4n) is 1.57. The zero-order valence-electron chi connectivity index (χ0n) is 10.1. The number of halogens is 5. The summed E-state index contributed by atoms with van der Waals surface area (Å²) in [7, 11) is 0. The lowest BCUT2D eigenvalue weighted by Gasteiger charge is -2.12. The molecule has 0 amide bonds. The molecule has 110 valence electrons. The molecule has 0 aliphatic heterocycles. The molecule has 0 aliphatic rings. The van der Waals surface area contributed by atoms with E-state index in [2.05, 4.69) is 21.2 Å². The van der Waals surface area contributed by atoms with Gasteiger partial charge in [0.2, 0.25) is 0 Å². The van der Waals surface area contributed by atoms with Crippen LogP contribution < -0.4 is 5.32 Å². The van der Waals surface area contributed by atoms with Gasteiger partial charge in [0.1, 0.15) is 5.69 Å². The van der Waals surface area contributed by atoms with E-state index in [1.54, 1.807) is 6.07 Å². The maximum absolute atomic E-state index is 13.8. The van der Waals surface area contributed by atoms with Crippen molar-refractivity contribution in [2.45, 2.75) is 0 Å². The molecule has 0 aliphatic carbocycles. The van der Waals surface area contributed by atoms with Gasteiger partial charge in [-0.05, 0) is 40.2 Å². The number of benzene rings is 2. The second-order valence-electron chi connectivity index (χ2n) is 3.97. The van der Waals surface area contributed by atoms with Crippen LogP contribution in [-0.4, -0.2) is 11.1 Å². The summed E-state index contributed by atoms with van der Waals surface area (Å²) in [6, 6.07) is 4.45. The summed E-state index contributed by atoms with van der Waals surface area (Å²) in [4.78, 5) is 10.7. The SMILES string of the molecule is O=C(O)c1cc(F)c(Nc2ccc(Br)c(Cl)c2Cl)c(F)c1. The first-order valence-corrected chi connectivity index (χ1v) is 6.99. The molecule has 0 fully saturated rings. The van der Waals surface area contributed by atoms with Crippen molar-refractivity contribution >= 4 is 56.5 Å². The molecule has 3 nitrogen and oxygen atoms in total. The zero-order chi connectivity index (χ0) is 15.7. The summed E-state index contributed by atoms with van der Waals surface area (Å²) < 4.78 is 28.2. The number of rotatable bonds is 3. The van der Waals surface area contributed by atoms with Crippen molar-refractivity contribution in [3.63, 3.8) is 0 Å². The van der Waals surface area contributed by atoms with E-state index in [0.29, 0.717) is 16.6 Å². The smallest absolute Gasteiger partial charge is 0.335 e. The van der Waals surface area contributed by atoms with Crippen LogP contribution in [0.4, 0.5) is 20.2 Å². The molecule has 0 bridgehead atoms. The minimum Gasteiger partial charge on any atom is -0.478 e. The Morgan fingerprint density at radius 1 is 1.14 bits per heavy atom. The molecule has 0 saturated heterocycles. The van der Waals surface area contributed by atoms with Crippen LogP contribution in [0, 0.1) is 11.6 Å². The molecule has 2 N–H and O–H groups in total. The molecular formula is C13H6BrCl2F2NO2. The first kappa shape index (κ1) is 16.0. The fraction of sp³-hybridized carbons (Fsp3) is 0. The second kappa shape index (κ2) is 6.17. The van der Waals surface area contributed by atoms with Crippen molar-refractivity contribution in [1.82, 2.24) is 0 Å². The van der Waals surface area contributed by atoms with Gasteiger partial charge in [0.05, 0.1) is 21.3 Å². The number of carboxylic acids is 1. The van der Waals surface area contributed by atoms with E-state index in [-0.39, 0.29) is 15.7 Å². The normalized spacial score (nSPS) is 10.5.